The molecule has 0 bridgehead atoms. The fourth-order valence-corrected chi connectivity index (χ4v) is 5.77. The zero-order chi connectivity index (χ0) is 29.7. The van der Waals surface area contributed by atoms with Crippen molar-refractivity contribution in [3.8, 4) is 23.1 Å². The molecule has 13 heteroatoms. The number of nitro benzene ring substituents is 1. The zero-order valence-corrected chi connectivity index (χ0v) is 23.7. The second kappa shape index (κ2) is 11.2. The molecule has 13 nitrogen and oxygen atoms in total. The summed E-state index contributed by atoms with van der Waals surface area (Å²) in [6, 6.07) is 11.2. The van der Waals surface area contributed by atoms with E-state index in [1.165, 1.54) is 19.4 Å². The third-order valence-electron chi connectivity index (χ3n) is 8.06. The highest BCUT2D eigenvalue weighted by Gasteiger charge is 2.31. The van der Waals surface area contributed by atoms with Gasteiger partial charge in [-0.25, -0.2) is 9.97 Å². The molecule has 4 aromatic rings. The van der Waals surface area contributed by atoms with Crippen molar-refractivity contribution in [2.24, 2.45) is 0 Å². The van der Waals surface area contributed by atoms with Gasteiger partial charge in [0.25, 0.3) is 5.69 Å². The van der Waals surface area contributed by atoms with E-state index in [0.29, 0.717) is 47.5 Å². The van der Waals surface area contributed by atoms with Crippen LogP contribution >= 0.6 is 0 Å². The molecule has 0 saturated carbocycles. The van der Waals surface area contributed by atoms with Crippen molar-refractivity contribution >= 4 is 45.5 Å². The van der Waals surface area contributed by atoms with Crippen molar-refractivity contribution in [2.45, 2.75) is 26.4 Å². The summed E-state index contributed by atoms with van der Waals surface area (Å²) in [6.07, 6.45) is 4.13. The number of benzene rings is 2. The number of para-hydroxylation sites is 1. The van der Waals surface area contributed by atoms with E-state index in [-0.39, 0.29) is 37.1 Å². The van der Waals surface area contributed by atoms with E-state index < -0.39 is 4.92 Å². The SMILES string of the molecule is C.COc1cc(N2CC[C@@H](N(C)C)C2)c([N+](=O)[O-])cc1Nc1ncc(C#N)c(-c2cn3c4c(cccc24)N(C)C(=O)C3)n1. The minimum atomic E-state index is -0.403. The average molecular weight is 584 g/mol. The van der Waals surface area contributed by atoms with Crippen molar-refractivity contribution in [2.75, 3.05) is 56.5 Å². The first-order chi connectivity index (χ1) is 20.2. The maximum atomic E-state index is 12.6. The lowest BCUT2D eigenvalue weighted by atomic mass is 10.1. The van der Waals surface area contributed by atoms with Crippen LogP contribution in [0.15, 0.2) is 42.7 Å². The van der Waals surface area contributed by atoms with Crippen molar-refractivity contribution in [1.29, 1.82) is 5.26 Å². The van der Waals surface area contributed by atoms with Gasteiger partial charge in [0.05, 0.1) is 46.4 Å². The van der Waals surface area contributed by atoms with E-state index in [4.69, 9.17) is 4.74 Å². The number of ether oxygens (including phenoxy) is 1. The molecule has 2 aromatic heterocycles. The molecule has 2 aliphatic heterocycles. The lowest BCUT2D eigenvalue weighted by Gasteiger charge is -2.24. The quantitative estimate of drug-likeness (QED) is 0.246. The fourth-order valence-electron chi connectivity index (χ4n) is 5.77. The van der Waals surface area contributed by atoms with Gasteiger partial charge in [0.2, 0.25) is 11.9 Å². The van der Waals surface area contributed by atoms with Crippen LogP contribution in [0.2, 0.25) is 0 Å². The number of anilines is 4. The molecule has 43 heavy (non-hydrogen) atoms. The predicted molar refractivity (Wildman–Crippen MR) is 165 cm³/mol. The molecule has 1 fully saturated rings. The summed E-state index contributed by atoms with van der Waals surface area (Å²) >= 11 is 0. The van der Waals surface area contributed by atoms with Gasteiger partial charge in [0.1, 0.15) is 24.1 Å². The first kappa shape index (κ1) is 29.3. The molecule has 2 aliphatic rings. The van der Waals surface area contributed by atoms with E-state index in [0.717, 1.165) is 23.0 Å². The lowest BCUT2D eigenvalue weighted by Crippen LogP contribution is -2.33. The van der Waals surface area contributed by atoms with Gasteiger partial charge in [-0.2, -0.15) is 5.26 Å². The Morgan fingerprint density at radius 1 is 1.26 bits per heavy atom. The standard InChI is InChI=1S/C29H29N9O4.CH4/c1-34(2)18-8-9-36(14-18)23-11-25(42-4)21(10-24(23)38(40)41)32-29-31-13-17(12-30)27(33-29)20-15-37-16-26(39)35(3)22-7-5-6-19(20)28(22)37;/h5-7,10-11,13,15,18H,8-9,14,16H2,1-4H3,(H,31,32,33);1H4/t18-;/m1./s1. The molecular weight excluding hydrogens is 550 g/mol. The Bertz CT molecular complexity index is 1790. The molecule has 0 radical (unpaired) electrons. The van der Waals surface area contributed by atoms with Crippen LogP contribution in [0.3, 0.4) is 0 Å². The number of hydrogen-bond acceptors (Lipinski definition) is 10. The van der Waals surface area contributed by atoms with Crippen LogP contribution < -0.4 is 19.9 Å². The molecule has 1 N–H and O–H groups in total. The van der Waals surface area contributed by atoms with Gasteiger partial charge in [-0.3, -0.25) is 14.9 Å². The maximum absolute atomic E-state index is 12.6. The third kappa shape index (κ3) is 4.95. The number of carbonyl (C=O) groups excluding carboxylic acids is 1. The first-order valence-corrected chi connectivity index (χ1v) is 13.4. The van der Waals surface area contributed by atoms with Gasteiger partial charge in [-0.15, -0.1) is 0 Å². The molecule has 2 aromatic carbocycles. The molecule has 6 rings (SSSR count). The number of aromatic nitrogens is 3. The number of likely N-dealkylation sites (N-methyl/N-ethyl adjacent to an activating group) is 2. The maximum Gasteiger partial charge on any atom is 0.294 e. The summed E-state index contributed by atoms with van der Waals surface area (Å²) in [6.45, 7) is 1.53. The van der Waals surface area contributed by atoms with E-state index in [9.17, 15) is 20.2 Å². The number of hydrogen-bond donors (Lipinski definition) is 1. The van der Waals surface area contributed by atoms with E-state index in [1.807, 2.05) is 48.0 Å². The largest absolute Gasteiger partial charge is 0.494 e. The van der Waals surface area contributed by atoms with Gasteiger partial charge in [0, 0.05) is 55.5 Å². The van der Waals surface area contributed by atoms with E-state index >= 15 is 0 Å². The van der Waals surface area contributed by atoms with Crippen molar-refractivity contribution in [3.63, 3.8) is 0 Å². The molecule has 1 amide bonds. The van der Waals surface area contributed by atoms with Gasteiger partial charge < -0.3 is 29.3 Å². The summed E-state index contributed by atoms with van der Waals surface area (Å²) in [5.41, 5.74) is 3.70. The predicted octanol–water partition coefficient (Wildman–Crippen LogP) is 4.38. The second-order valence-electron chi connectivity index (χ2n) is 10.6. The Balaban J connectivity index is 0.00000368. The zero-order valence-electron chi connectivity index (χ0n) is 23.7. The van der Waals surface area contributed by atoms with Crippen LogP contribution in [0, 0.1) is 21.4 Å². The number of nitriles is 1. The fraction of sp³-hybridized carbons (Fsp3) is 0.333. The smallest absolute Gasteiger partial charge is 0.294 e. The second-order valence-corrected chi connectivity index (χ2v) is 10.6. The first-order valence-electron chi connectivity index (χ1n) is 13.4. The van der Waals surface area contributed by atoms with Crippen LogP contribution in [0.5, 0.6) is 5.75 Å². The summed E-state index contributed by atoms with van der Waals surface area (Å²) in [5.74, 6) is 0.483. The summed E-state index contributed by atoms with van der Waals surface area (Å²) in [4.78, 5) is 39.1. The Morgan fingerprint density at radius 3 is 2.72 bits per heavy atom. The Morgan fingerprint density at radius 2 is 2.05 bits per heavy atom. The number of nitrogens with zero attached hydrogens (tertiary/aromatic N) is 8. The molecule has 4 heterocycles. The van der Waals surface area contributed by atoms with Crippen molar-refractivity contribution in [3.05, 3.63) is 58.4 Å². The van der Waals surface area contributed by atoms with Crippen LogP contribution in [-0.2, 0) is 11.3 Å². The molecule has 0 spiro atoms. The summed E-state index contributed by atoms with van der Waals surface area (Å²) in [5, 5.41) is 26.0. The van der Waals surface area contributed by atoms with Gasteiger partial charge >= 0.3 is 0 Å². The number of nitrogens with one attached hydrogen (secondary N) is 1. The summed E-state index contributed by atoms with van der Waals surface area (Å²) < 4.78 is 7.50. The molecular formula is C30H33N9O4. The van der Waals surface area contributed by atoms with Crippen molar-refractivity contribution in [1.82, 2.24) is 19.4 Å². The van der Waals surface area contributed by atoms with Crippen LogP contribution in [0.25, 0.3) is 22.2 Å². The minimum Gasteiger partial charge on any atom is -0.494 e. The van der Waals surface area contributed by atoms with Crippen LogP contribution in [-0.4, -0.2) is 77.6 Å². The summed E-state index contributed by atoms with van der Waals surface area (Å²) in [7, 11) is 7.25. The molecule has 1 saturated heterocycles. The van der Waals surface area contributed by atoms with Crippen molar-refractivity contribution < 1.29 is 14.5 Å². The highest BCUT2D eigenvalue weighted by atomic mass is 16.6. The van der Waals surface area contributed by atoms with E-state index in [1.54, 1.807) is 18.0 Å². The number of rotatable bonds is 7. The van der Waals surface area contributed by atoms with Gasteiger partial charge in [0.15, 0.2) is 0 Å². The number of nitro groups is 1. The minimum absolute atomic E-state index is 0. The molecule has 1 atom stereocenters. The number of amides is 1. The third-order valence-corrected chi connectivity index (χ3v) is 8.06. The monoisotopic (exact) mass is 583 g/mol. The molecule has 222 valence electrons. The number of carbonyl (C=O) groups is 1. The average Bonchev–Trinajstić information content (AvgIpc) is 3.62. The van der Waals surface area contributed by atoms with Gasteiger partial charge in [-0.05, 0) is 26.6 Å². The van der Waals surface area contributed by atoms with Gasteiger partial charge in [-0.1, -0.05) is 19.6 Å². The van der Waals surface area contributed by atoms with E-state index in [2.05, 4.69) is 26.3 Å². The number of methoxy groups -OCH3 is 1. The van der Waals surface area contributed by atoms with Crippen LogP contribution in [0.4, 0.5) is 28.7 Å². The lowest BCUT2D eigenvalue weighted by molar-refractivity contribution is -0.384. The molecule has 0 aliphatic carbocycles. The normalized spacial score (nSPS) is 15.9. The topological polar surface area (TPSA) is 146 Å². The van der Waals surface area contributed by atoms with Crippen LogP contribution in [0.1, 0.15) is 19.4 Å². The Kier molecular flexibility index (Phi) is 7.64. The molecule has 0 unspecified atom stereocenters. The highest BCUT2D eigenvalue weighted by molar-refractivity contribution is 6.10. The Labute approximate surface area is 249 Å². The highest BCUT2D eigenvalue weighted by Crippen LogP contribution is 2.42. The Hall–Kier alpha value is -5.22.